The molecule has 0 aliphatic heterocycles. The highest BCUT2D eigenvalue weighted by Gasteiger charge is 2.05. The highest BCUT2D eigenvalue weighted by atomic mass is 16.1. The monoisotopic (exact) mass is 174 g/mol. The highest BCUT2D eigenvalue weighted by molar-refractivity contribution is 5.54. The van der Waals surface area contributed by atoms with Crippen LogP contribution in [0.3, 0.4) is 0 Å². The maximum absolute atomic E-state index is 10.7. The molecule has 1 atom stereocenters. The number of carbonyl (C=O) groups excluding carboxylic acids is 1. The van der Waals surface area contributed by atoms with E-state index in [1.54, 1.807) is 6.08 Å². The van der Waals surface area contributed by atoms with Crippen molar-refractivity contribution in [1.82, 2.24) is 0 Å². The van der Waals surface area contributed by atoms with E-state index in [1.807, 2.05) is 30.3 Å². The van der Waals surface area contributed by atoms with Crippen LogP contribution >= 0.6 is 0 Å². The molecular formula is C12H14O. The second-order valence-corrected chi connectivity index (χ2v) is 3.11. The first-order chi connectivity index (χ1) is 6.36. The molecule has 0 spiro atoms. The molecule has 0 aromatic heterocycles. The van der Waals surface area contributed by atoms with Crippen LogP contribution in [0.15, 0.2) is 43.0 Å². The summed E-state index contributed by atoms with van der Waals surface area (Å²) in [6.45, 7) is 3.63. The van der Waals surface area contributed by atoms with Crippen LogP contribution in [0.2, 0.25) is 0 Å². The molecule has 0 heterocycles. The van der Waals surface area contributed by atoms with Gasteiger partial charge in [-0.2, -0.15) is 0 Å². The van der Waals surface area contributed by atoms with Gasteiger partial charge in [0, 0.05) is 5.92 Å². The Kier molecular flexibility index (Phi) is 3.97. The number of hydrogen-bond donors (Lipinski definition) is 0. The van der Waals surface area contributed by atoms with E-state index in [9.17, 15) is 4.79 Å². The normalized spacial score (nSPS) is 12.0. The zero-order valence-corrected chi connectivity index (χ0v) is 7.65. The van der Waals surface area contributed by atoms with Gasteiger partial charge in [-0.1, -0.05) is 36.4 Å². The van der Waals surface area contributed by atoms with E-state index < -0.39 is 0 Å². The molecule has 0 aliphatic carbocycles. The van der Waals surface area contributed by atoms with Gasteiger partial charge in [0.25, 0.3) is 0 Å². The van der Waals surface area contributed by atoms with Gasteiger partial charge in [-0.05, 0) is 18.4 Å². The number of carbonyl (C=O) groups is 1. The van der Waals surface area contributed by atoms with Gasteiger partial charge in [-0.3, -0.25) is 0 Å². The Hall–Kier alpha value is -1.37. The lowest BCUT2D eigenvalue weighted by Crippen LogP contribution is -2.04. The van der Waals surface area contributed by atoms with Crippen LogP contribution in [0.4, 0.5) is 0 Å². The zero-order valence-electron chi connectivity index (χ0n) is 7.65. The Balaban J connectivity index is 2.56. The zero-order chi connectivity index (χ0) is 9.52. The first-order valence-corrected chi connectivity index (χ1v) is 4.47. The van der Waals surface area contributed by atoms with Gasteiger partial charge in [0.2, 0.25) is 0 Å². The maximum atomic E-state index is 10.7. The predicted octanol–water partition coefficient (Wildman–Crippen LogP) is 2.62. The van der Waals surface area contributed by atoms with Crippen LogP contribution in [0.1, 0.15) is 12.0 Å². The minimum atomic E-state index is 0.0832. The Morgan fingerprint density at radius 1 is 1.31 bits per heavy atom. The molecule has 1 unspecified atom stereocenters. The summed E-state index contributed by atoms with van der Waals surface area (Å²) in [5, 5.41) is 0. The Bertz CT molecular complexity index is 264. The van der Waals surface area contributed by atoms with E-state index in [2.05, 4.69) is 6.58 Å². The van der Waals surface area contributed by atoms with Gasteiger partial charge in [-0.25, -0.2) is 0 Å². The average Bonchev–Trinajstić information content (AvgIpc) is 2.19. The SMILES string of the molecule is C=CCC(C=O)Cc1ccccc1. The molecule has 0 saturated heterocycles. The number of hydrogen-bond acceptors (Lipinski definition) is 1. The van der Waals surface area contributed by atoms with Crippen molar-refractivity contribution in [3.05, 3.63) is 48.6 Å². The Morgan fingerprint density at radius 2 is 2.00 bits per heavy atom. The van der Waals surface area contributed by atoms with Crippen LogP contribution in [0, 0.1) is 5.92 Å². The van der Waals surface area contributed by atoms with Gasteiger partial charge in [-0.15, -0.1) is 6.58 Å². The quantitative estimate of drug-likeness (QED) is 0.495. The molecule has 0 aliphatic rings. The van der Waals surface area contributed by atoms with Crippen molar-refractivity contribution < 1.29 is 4.79 Å². The van der Waals surface area contributed by atoms with Crippen LogP contribution < -0.4 is 0 Å². The van der Waals surface area contributed by atoms with E-state index in [0.29, 0.717) is 0 Å². The Morgan fingerprint density at radius 3 is 2.54 bits per heavy atom. The molecule has 1 aromatic carbocycles. The molecule has 0 radical (unpaired) electrons. The summed E-state index contributed by atoms with van der Waals surface area (Å²) in [5.74, 6) is 0.0832. The summed E-state index contributed by atoms with van der Waals surface area (Å²) in [4.78, 5) is 10.7. The van der Waals surface area contributed by atoms with E-state index in [1.165, 1.54) is 5.56 Å². The average molecular weight is 174 g/mol. The van der Waals surface area contributed by atoms with Crippen LogP contribution in [-0.4, -0.2) is 6.29 Å². The van der Waals surface area contributed by atoms with Crippen LogP contribution in [0.5, 0.6) is 0 Å². The Labute approximate surface area is 79.1 Å². The molecule has 0 N–H and O–H groups in total. The van der Waals surface area contributed by atoms with Gasteiger partial charge >= 0.3 is 0 Å². The van der Waals surface area contributed by atoms with Crippen molar-refractivity contribution in [2.24, 2.45) is 5.92 Å². The molecule has 1 rings (SSSR count). The van der Waals surface area contributed by atoms with E-state index in [-0.39, 0.29) is 5.92 Å². The summed E-state index contributed by atoms with van der Waals surface area (Å²) in [7, 11) is 0. The van der Waals surface area contributed by atoms with E-state index in [4.69, 9.17) is 0 Å². The molecule has 1 heteroatoms. The first kappa shape index (κ1) is 9.72. The molecule has 13 heavy (non-hydrogen) atoms. The van der Waals surface area contributed by atoms with E-state index in [0.717, 1.165) is 19.1 Å². The van der Waals surface area contributed by atoms with Crippen molar-refractivity contribution >= 4 is 6.29 Å². The molecule has 0 fully saturated rings. The minimum Gasteiger partial charge on any atom is -0.303 e. The summed E-state index contributed by atoms with van der Waals surface area (Å²) in [6, 6.07) is 10.0. The predicted molar refractivity (Wildman–Crippen MR) is 54.5 cm³/mol. The fourth-order valence-corrected chi connectivity index (χ4v) is 1.32. The second-order valence-electron chi connectivity index (χ2n) is 3.11. The fourth-order valence-electron chi connectivity index (χ4n) is 1.32. The van der Waals surface area contributed by atoms with Gasteiger partial charge in [0.1, 0.15) is 6.29 Å². The van der Waals surface area contributed by atoms with Crippen LogP contribution in [-0.2, 0) is 11.2 Å². The largest absolute Gasteiger partial charge is 0.303 e. The first-order valence-electron chi connectivity index (χ1n) is 4.47. The number of aldehydes is 1. The van der Waals surface area contributed by atoms with Gasteiger partial charge in [0.05, 0.1) is 0 Å². The van der Waals surface area contributed by atoms with Crippen molar-refractivity contribution in [3.63, 3.8) is 0 Å². The molecule has 0 amide bonds. The van der Waals surface area contributed by atoms with Crippen molar-refractivity contribution in [2.45, 2.75) is 12.8 Å². The van der Waals surface area contributed by atoms with Crippen LogP contribution in [0.25, 0.3) is 0 Å². The van der Waals surface area contributed by atoms with Crippen molar-refractivity contribution in [1.29, 1.82) is 0 Å². The number of benzene rings is 1. The molecule has 1 aromatic rings. The highest BCUT2D eigenvalue weighted by Crippen LogP contribution is 2.10. The van der Waals surface area contributed by atoms with E-state index >= 15 is 0 Å². The summed E-state index contributed by atoms with van der Waals surface area (Å²) < 4.78 is 0. The lowest BCUT2D eigenvalue weighted by molar-refractivity contribution is -0.111. The lowest BCUT2D eigenvalue weighted by Gasteiger charge is -2.06. The third-order valence-corrected chi connectivity index (χ3v) is 2.00. The number of rotatable bonds is 5. The summed E-state index contributed by atoms with van der Waals surface area (Å²) in [5.41, 5.74) is 1.21. The maximum Gasteiger partial charge on any atom is 0.123 e. The fraction of sp³-hybridized carbons (Fsp3) is 0.250. The van der Waals surface area contributed by atoms with Crippen molar-refractivity contribution in [3.8, 4) is 0 Å². The molecule has 0 saturated carbocycles. The topological polar surface area (TPSA) is 17.1 Å². The molecule has 0 bridgehead atoms. The minimum absolute atomic E-state index is 0.0832. The van der Waals surface area contributed by atoms with Gasteiger partial charge in [0.15, 0.2) is 0 Å². The van der Waals surface area contributed by atoms with Crippen molar-refractivity contribution in [2.75, 3.05) is 0 Å². The molecule has 1 nitrogen and oxygen atoms in total. The van der Waals surface area contributed by atoms with Gasteiger partial charge < -0.3 is 4.79 Å². The standard InChI is InChI=1S/C12H14O/c1-2-6-12(10-13)9-11-7-4-3-5-8-11/h2-5,7-8,10,12H,1,6,9H2. The second kappa shape index (κ2) is 5.31. The lowest BCUT2D eigenvalue weighted by atomic mass is 9.98. The molecule has 68 valence electrons. The smallest absolute Gasteiger partial charge is 0.123 e. The third-order valence-electron chi connectivity index (χ3n) is 2.00. The molecular weight excluding hydrogens is 160 g/mol. The summed E-state index contributed by atoms with van der Waals surface area (Å²) in [6.07, 6.45) is 4.38. The third kappa shape index (κ3) is 3.24. The number of allylic oxidation sites excluding steroid dienone is 1. The summed E-state index contributed by atoms with van der Waals surface area (Å²) >= 11 is 0.